The van der Waals surface area contributed by atoms with E-state index in [1.165, 1.54) is 0 Å². The summed E-state index contributed by atoms with van der Waals surface area (Å²) in [5.41, 5.74) is 0.0775. The summed E-state index contributed by atoms with van der Waals surface area (Å²) in [4.78, 5) is 0. The summed E-state index contributed by atoms with van der Waals surface area (Å²) in [5, 5.41) is 3.41. The van der Waals surface area contributed by atoms with Crippen molar-refractivity contribution in [2.75, 3.05) is 6.54 Å². The van der Waals surface area contributed by atoms with Gasteiger partial charge in [-0.3, -0.25) is 5.32 Å². The van der Waals surface area contributed by atoms with Crippen LogP contribution >= 0.6 is 0 Å². The molecule has 2 nitrogen and oxygen atoms in total. The van der Waals surface area contributed by atoms with Crippen LogP contribution < -0.4 is 5.32 Å². The van der Waals surface area contributed by atoms with Crippen molar-refractivity contribution in [3.05, 3.63) is 0 Å². The Labute approximate surface area is 82.0 Å². The number of ether oxygens (including phenoxy) is 1. The van der Waals surface area contributed by atoms with Crippen LogP contribution in [0.15, 0.2) is 0 Å². The van der Waals surface area contributed by atoms with E-state index >= 15 is 0 Å². The van der Waals surface area contributed by atoms with Crippen molar-refractivity contribution in [1.29, 1.82) is 0 Å². The van der Waals surface area contributed by atoms with Gasteiger partial charge in [0.25, 0.3) is 0 Å². The molecule has 0 aromatic heterocycles. The highest BCUT2D eigenvalue weighted by Crippen LogP contribution is 2.34. The molecule has 2 heteroatoms. The van der Waals surface area contributed by atoms with Gasteiger partial charge in [0.15, 0.2) is 0 Å². The quantitative estimate of drug-likeness (QED) is 0.677. The zero-order chi connectivity index (χ0) is 10.3. The van der Waals surface area contributed by atoms with Gasteiger partial charge in [-0.15, -0.1) is 0 Å². The molecule has 13 heavy (non-hydrogen) atoms. The van der Waals surface area contributed by atoms with Crippen molar-refractivity contribution < 1.29 is 4.74 Å². The second kappa shape index (κ2) is 3.25. The normalized spacial score (nSPS) is 32.1. The van der Waals surface area contributed by atoms with Crippen LogP contribution in [0.1, 0.15) is 41.5 Å². The van der Waals surface area contributed by atoms with Crippen LogP contribution in [0.4, 0.5) is 0 Å². The lowest BCUT2D eigenvalue weighted by atomic mass is 9.79. The molecular formula is C11H23NO. The molecule has 1 rings (SSSR count). The second-order valence-corrected chi connectivity index (χ2v) is 5.63. The summed E-state index contributed by atoms with van der Waals surface area (Å²) < 4.78 is 6.04. The highest BCUT2D eigenvalue weighted by molar-refractivity contribution is 4.91. The van der Waals surface area contributed by atoms with Gasteiger partial charge in [0.2, 0.25) is 0 Å². The van der Waals surface area contributed by atoms with Crippen LogP contribution in [0.25, 0.3) is 0 Å². The molecule has 1 unspecified atom stereocenters. The van der Waals surface area contributed by atoms with Crippen molar-refractivity contribution in [3.63, 3.8) is 0 Å². The zero-order valence-corrected chi connectivity index (χ0v) is 9.77. The van der Waals surface area contributed by atoms with Crippen LogP contribution in [0, 0.1) is 11.3 Å². The fourth-order valence-electron chi connectivity index (χ4n) is 2.10. The molecule has 1 N–H and O–H groups in total. The van der Waals surface area contributed by atoms with Crippen molar-refractivity contribution in [2.45, 2.75) is 53.4 Å². The van der Waals surface area contributed by atoms with Gasteiger partial charge in [-0.05, 0) is 19.8 Å². The Morgan fingerprint density at radius 2 is 1.77 bits per heavy atom. The molecule has 1 heterocycles. The fourth-order valence-corrected chi connectivity index (χ4v) is 2.10. The van der Waals surface area contributed by atoms with Crippen LogP contribution in [0.3, 0.4) is 0 Å². The van der Waals surface area contributed by atoms with E-state index in [-0.39, 0.29) is 11.1 Å². The maximum absolute atomic E-state index is 6.04. The van der Waals surface area contributed by atoms with Gasteiger partial charge in [0.1, 0.15) is 5.72 Å². The van der Waals surface area contributed by atoms with E-state index in [2.05, 4.69) is 46.9 Å². The number of hydrogen-bond donors (Lipinski definition) is 1. The van der Waals surface area contributed by atoms with Gasteiger partial charge in [-0.25, -0.2) is 0 Å². The first kappa shape index (κ1) is 11.0. The van der Waals surface area contributed by atoms with E-state index in [1.54, 1.807) is 0 Å². The van der Waals surface area contributed by atoms with E-state index in [0.717, 1.165) is 6.54 Å². The average molecular weight is 185 g/mol. The summed E-state index contributed by atoms with van der Waals surface area (Å²) in [6.07, 6.45) is 0.351. The third-order valence-electron chi connectivity index (χ3n) is 2.77. The summed E-state index contributed by atoms with van der Waals surface area (Å²) >= 11 is 0. The topological polar surface area (TPSA) is 21.3 Å². The Morgan fingerprint density at radius 3 is 2.15 bits per heavy atom. The van der Waals surface area contributed by atoms with Gasteiger partial charge < -0.3 is 4.74 Å². The third kappa shape index (κ3) is 2.44. The van der Waals surface area contributed by atoms with Crippen LogP contribution in [0.5, 0.6) is 0 Å². The van der Waals surface area contributed by atoms with E-state index in [9.17, 15) is 0 Å². The predicted molar refractivity (Wildman–Crippen MR) is 55.6 cm³/mol. The Kier molecular flexibility index (Phi) is 2.75. The lowest BCUT2D eigenvalue weighted by Crippen LogP contribution is -2.60. The van der Waals surface area contributed by atoms with Crippen molar-refractivity contribution in [2.24, 2.45) is 11.3 Å². The highest BCUT2D eigenvalue weighted by Gasteiger charge is 2.41. The molecule has 1 fully saturated rings. The van der Waals surface area contributed by atoms with E-state index in [0.29, 0.717) is 12.0 Å². The van der Waals surface area contributed by atoms with Crippen molar-refractivity contribution in [1.82, 2.24) is 5.32 Å². The van der Waals surface area contributed by atoms with Gasteiger partial charge >= 0.3 is 0 Å². The molecule has 0 amide bonds. The van der Waals surface area contributed by atoms with E-state index in [4.69, 9.17) is 4.74 Å². The molecule has 78 valence electrons. The third-order valence-corrected chi connectivity index (χ3v) is 2.77. The lowest BCUT2D eigenvalue weighted by molar-refractivity contribution is -0.186. The molecule has 1 aliphatic rings. The maximum atomic E-state index is 6.04. The Morgan fingerprint density at radius 1 is 1.23 bits per heavy atom. The molecule has 0 aromatic carbocycles. The minimum absolute atomic E-state index is 0.162. The number of nitrogens with one attached hydrogen (secondary N) is 1. The fraction of sp³-hybridized carbons (Fsp3) is 1.00. The van der Waals surface area contributed by atoms with Crippen molar-refractivity contribution >= 4 is 0 Å². The molecule has 1 saturated heterocycles. The monoisotopic (exact) mass is 185 g/mol. The summed E-state index contributed by atoms with van der Waals surface area (Å²) in [6.45, 7) is 14.2. The van der Waals surface area contributed by atoms with Crippen molar-refractivity contribution in [3.8, 4) is 0 Å². The van der Waals surface area contributed by atoms with Gasteiger partial charge in [-0.1, -0.05) is 27.7 Å². The van der Waals surface area contributed by atoms with Gasteiger partial charge in [-0.2, -0.15) is 0 Å². The molecule has 0 spiro atoms. The van der Waals surface area contributed by atoms with Gasteiger partial charge in [0.05, 0.1) is 6.10 Å². The highest BCUT2D eigenvalue weighted by atomic mass is 16.5. The molecule has 0 aliphatic carbocycles. The first-order chi connectivity index (χ1) is 5.75. The maximum Gasteiger partial charge on any atom is 0.113 e. The first-order valence-corrected chi connectivity index (χ1v) is 5.17. The Balaban J connectivity index is 2.76. The summed E-state index contributed by atoms with van der Waals surface area (Å²) in [6, 6.07) is 0. The van der Waals surface area contributed by atoms with Crippen LogP contribution in [-0.4, -0.2) is 18.4 Å². The van der Waals surface area contributed by atoms with Crippen LogP contribution in [-0.2, 0) is 4.74 Å². The number of rotatable bonds is 1. The molecule has 1 atom stereocenters. The zero-order valence-electron chi connectivity index (χ0n) is 9.77. The largest absolute Gasteiger partial charge is 0.357 e. The number of hydrogen-bond acceptors (Lipinski definition) is 2. The first-order valence-electron chi connectivity index (χ1n) is 5.17. The smallest absolute Gasteiger partial charge is 0.113 e. The molecular weight excluding hydrogens is 162 g/mol. The van der Waals surface area contributed by atoms with Crippen LogP contribution in [0.2, 0.25) is 0 Å². The Bertz CT molecular complexity index is 185. The SMILES string of the molecule is CC(C)C1OC(C)(C)NCC1(C)C. The molecule has 0 saturated carbocycles. The average Bonchev–Trinajstić information content (AvgIpc) is 1.95. The predicted octanol–water partition coefficient (Wildman–Crippen LogP) is 2.39. The van der Waals surface area contributed by atoms with E-state index in [1.807, 2.05) is 0 Å². The summed E-state index contributed by atoms with van der Waals surface area (Å²) in [7, 11) is 0. The molecule has 1 aliphatic heterocycles. The van der Waals surface area contributed by atoms with Gasteiger partial charge in [0, 0.05) is 12.0 Å². The lowest BCUT2D eigenvalue weighted by Gasteiger charge is -2.48. The molecule has 0 aromatic rings. The standard InChI is InChI=1S/C11H23NO/c1-8(2)9-10(3,4)7-12-11(5,6)13-9/h8-9,12H,7H2,1-6H3. The molecule has 0 radical (unpaired) electrons. The minimum Gasteiger partial charge on any atom is -0.357 e. The van der Waals surface area contributed by atoms with E-state index < -0.39 is 0 Å². The summed E-state index contributed by atoms with van der Waals surface area (Å²) in [5.74, 6) is 0.580. The Hall–Kier alpha value is -0.0800. The second-order valence-electron chi connectivity index (χ2n) is 5.63. The minimum atomic E-state index is -0.162. The molecule has 0 bridgehead atoms.